The summed E-state index contributed by atoms with van der Waals surface area (Å²) >= 11 is 0. The molecule has 62 heavy (non-hydrogen) atoms. The van der Waals surface area contributed by atoms with Gasteiger partial charge < -0.3 is 4.90 Å². The molecule has 0 saturated heterocycles. The topological polar surface area (TPSA) is 92.5 Å². The Balaban J connectivity index is 0.000000188. The first-order valence-electron chi connectivity index (χ1n) is 21.1. The normalized spacial score (nSPS) is 15.6. The second-order valence-electron chi connectivity index (χ2n) is 18.1. The third-order valence-electron chi connectivity index (χ3n) is 13.3. The number of nitrogens with zero attached hydrogens (tertiary/aromatic N) is 4. The van der Waals surface area contributed by atoms with Crippen molar-refractivity contribution in [2.45, 2.75) is 66.2 Å². The lowest BCUT2D eigenvalue weighted by Gasteiger charge is -2.44. The minimum atomic E-state index is -1.27. The molecule has 0 radical (unpaired) electrons. The predicted octanol–water partition coefficient (Wildman–Crippen LogP) is 9.67. The minimum Gasteiger partial charge on any atom is -0.347 e. The maximum atomic E-state index is 11.3. The Morgan fingerprint density at radius 3 is 1.35 bits per heavy atom. The van der Waals surface area contributed by atoms with Gasteiger partial charge in [-0.2, -0.15) is 26.4 Å². The average Bonchev–Trinajstić information content (AvgIpc) is 3.56. The zero-order valence-corrected chi connectivity index (χ0v) is 37.4. The van der Waals surface area contributed by atoms with Crippen LogP contribution >= 0.6 is 0 Å². The first kappa shape index (κ1) is 43.2. The lowest BCUT2D eigenvalue weighted by Crippen LogP contribution is -2.74. The van der Waals surface area contributed by atoms with Crippen LogP contribution in [0.5, 0.6) is 0 Å². The summed E-state index contributed by atoms with van der Waals surface area (Å²) in [5, 5.41) is 22.5. The smallest absolute Gasteiger partial charge is 0.270 e. The van der Waals surface area contributed by atoms with Crippen LogP contribution in [0.25, 0.3) is 0 Å². The van der Waals surface area contributed by atoms with Crippen LogP contribution in [-0.2, 0) is 10.8 Å². The largest absolute Gasteiger partial charge is 0.347 e. The van der Waals surface area contributed by atoms with Gasteiger partial charge in [0.25, 0.3) is 11.4 Å². The van der Waals surface area contributed by atoms with Gasteiger partial charge in [0.2, 0.25) is 5.69 Å². The fourth-order valence-corrected chi connectivity index (χ4v) is 9.68. The van der Waals surface area contributed by atoms with Gasteiger partial charge in [-0.15, -0.1) is 0 Å². The summed E-state index contributed by atoms with van der Waals surface area (Å²) in [4.78, 5) is 23.8. The molecular weight excluding hydrogens is 767 g/mol. The molecule has 2 aliphatic heterocycles. The standard InChI is InChI=1S/C28H28B.C25H27N4O4/c1-21-5-13-25(14-6-21)29(26-15-7-22(2)8-16-26,27-17-9-23(3)10-18-27)28-19-11-24(4)12-20-28;1-24(2)18-14-16(28(30)31)10-12-20(18)26(5)22(24)8-7-9-23-25(3,4)19-15-17(29(32)33)11-13-21(19)27(23)6/h5-20H,1-4H3;7-15H,1-6H3/q-1;+1. The maximum absolute atomic E-state index is 11.3. The molecule has 2 heterocycles. The van der Waals surface area contributed by atoms with Crippen LogP contribution in [0.15, 0.2) is 157 Å². The highest BCUT2D eigenvalue weighted by atomic mass is 16.6. The van der Waals surface area contributed by atoms with E-state index in [0.29, 0.717) is 0 Å². The van der Waals surface area contributed by atoms with Gasteiger partial charge in [-0.25, -0.2) is 0 Å². The van der Waals surface area contributed by atoms with Crippen molar-refractivity contribution in [3.8, 4) is 0 Å². The van der Waals surface area contributed by atoms with E-state index < -0.39 is 17.0 Å². The minimum absolute atomic E-state index is 0.0868. The molecule has 0 spiro atoms. The summed E-state index contributed by atoms with van der Waals surface area (Å²) < 4.78 is 2.07. The Kier molecular flexibility index (Phi) is 11.5. The molecule has 314 valence electrons. The van der Waals surface area contributed by atoms with Crippen molar-refractivity contribution in [2.75, 3.05) is 19.0 Å². The average molecular weight is 823 g/mol. The van der Waals surface area contributed by atoms with Gasteiger partial charge in [0.05, 0.1) is 15.3 Å². The Labute approximate surface area is 365 Å². The van der Waals surface area contributed by atoms with Crippen LogP contribution in [0.4, 0.5) is 22.7 Å². The molecule has 0 bridgehead atoms. The number of non-ortho nitro benzene ring substituents is 2. The van der Waals surface area contributed by atoms with Crippen LogP contribution in [0.1, 0.15) is 61.1 Å². The van der Waals surface area contributed by atoms with E-state index in [4.69, 9.17) is 0 Å². The Morgan fingerprint density at radius 1 is 0.565 bits per heavy atom. The Hall–Kier alpha value is -6.87. The first-order valence-corrected chi connectivity index (χ1v) is 21.1. The van der Waals surface area contributed by atoms with Crippen molar-refractivity contribution in [3.05, 3.63) is 211 Å². The van der Waals surface area contributed by atoms with Crippen LogP contribution in [-0.4, -0.2) is 40.4 Å². The Morgan fingerprint density at radius 2 is 0.952 bits per heavy atom. The van der Waals surface area contributed by atoms with Crippen LogP contribution in [0.2, 0.25) is 0 Å². The third-order valence-corrected chi connectivity index (χ3v) is 13.3. The molecule has 0 saturated carbocycles. The van der Waals surface area contributed by atoms with E-state index in [9.17, 15) is 20.2 Å². The molecule has 8 rings (SSSR count). The summed E-state index contributed by atoms with van der Waals surface area (Å²) in [6.45, 7) is 16.9. The number of anilines is 1. The van der Waals surface area contributed by atoms with Crippen molar-refractivity contribution < 1.29 is 14.4 Å². The van der Waals surface area contributed by atoms with E-state index in [1.165, 1.54) is 56.2 Å². The zero-order chi connectivity index (χ0) is 44.7. The van der Waals surface area contributed by atoms with Crippen molar-refractivity contribution >= 4 is 56.5 Å². The van der Waals surface area contributed by atoms with Gasteiger partial charge in [0.15, 0.2) is 5.71 Å². The number of nitro groups is 2. The fourth-order valence-electron chi connectivity index (χ4n) is 9.68. The Bertz CT molecular complexity index is 2600. The van der Waals surface area contributed by atoms with Crippen LogP contribution in [0.3, 0.4) is 0 Å². The second-order valence-corrected chi connectivity index (χ2v) is 18.1. The number of nitro benzene ring substituents is 2. The number of benzene rings is 6. The molecular formula is C53H55BN4O4. The molecule has 8 nitrogen and oxygen atoms in total. The van der Waals surface area contributed by atoms with Gasteiger partial charge in [-0.1, -0.05) is 139 Å². The van der Waals surface area contributed by atoms with Crippen molar-refractivity contribution in [3.63, 3.8) is 0 Å². The SMILES string of the molecule is CN1/C(=C/C=C/C2=[N+](C)c3ccc([N+](=O)[O-])cc3C2(C)C)C(C)(C)c2cc([N+](=O)[O-])ccc21.Cc1ccc([B-](c2ccc(C)cc2)(c2ccc(C)cc2)c2ccc(C)cc2)cc1. The van der Waals surface area contributed by atoms with E-state index in [-0.39, 0.29) is 21.2 Å². The lowest BCUT2D eigenvalue weighted by atomic mass is 9.13. The molecule has 0 aromatic heterocycles. The first-order chi connectivity index (χ1) is 29.4. The third kappa shape index (κ3) is 7.68. The highest BCUT2D eigenvalue weighted by Gasteiger charge is 2.44. The van der Waals surface area contributed by atoms with Gasteiger partial charge in [-0.05, 0) is 59.2 Å². The number of hydrogen-bond acceptors (Lipinski definition) is 5. The van der Waals surface area contributed by atoms with Gasteiger partial charge >= 0.3 is 0 Å². The van der Waals surface area contributed by atoms with Gasteiger partial charge in [0, 0.05) is 65.8 Å². The number of rotatable bonds is 8. The maximum Gasteiger partial charge on any atom is 0.270 e. The summed E-state index contributed by atoms with van der Waals surface area (Å²) in [5.74, 6) is 0. The molecule has 0 aliphatic carbocycles. The molecule has 6 aromatic carbocycles. The fraction of sp³-hybridized carbons (Fsp3) is 0.226. The summed E-state index contributed by atoms with van der Waals surface area (Å²) in [6, 6.07) is 46.4. The molecule has 0 fully saturated rings. The van der Waals surface area contributed by atoms with E-state index in [1.54, 1.807) is 24.3 Å². The number of fused-ring (bicyclic) bond motifs is 2. The summed E-state index contributed by atoms with van der Waals surface area (Å²) in [5.41, 5.74) is 15.8. The monoisotopic (exact) mass is 822 g/mol. The van der Waals surface area contributed by atoms with Crippen LogP contribution in [0, 0.1) is 47.9 Å². The van der Waals surface area contributed by atoms with Crippen molar-refractivity contribution in [1.82, 2.24) is 0 Å². The molecule has 0 amide bonds. The van der Waals surface area contributed by atoms with Crippen molar-refractivity contribution in [2.24, 2.45) is 0 Å². The van der Waals surface area contributed by atoms with E-state index >= 15 is 0 Å². The number of likely N-dealkylation sites (N-methyl/N-ethyl adjacent to an activating group) is 1. The summed E-state index contributed by atoms with van der Waals surface area (Å²) in [6.07, 6.45) is 4.79. The molecule has 0 atom stereocenters. The molecule has 9 heteroatoms. The number of hydrogen-bond donors (Lipinski definition) is 0. The van der Waals surface area contributed by atoms with Gasteiger partial charge in [-0.3, -0.25) is 20.2 Å². The second kappa shape index (κ2) is 16.5. The van der Waals surface area contributed by atoms with Crippen LogP contribution < -0.4 is 26.8 Å². The highest BCUT2D eigenvalue weighted by Crippen LogP contribution is 2.48. The van der Waals surface area contributed by atoms with E-state index in [2.05, 4.69) is 162 Å². The molecule has 0 N–H and O–H groups in total. The van der Waals surface area contributed by atoms with E-state index in [1.807, 2.05) is 32.3 Å². The lowest BCUT2D eigenvalue weighted by molar-refractivity contribution is -0.402. The zero-order valence-electron chi connectivity index (χ0n) is 37.4. The molecule has 6 aromatic rings. The number of aryl methyl sites for hydroxylation is 4. The molecule has 0 unspecified atom stereocenters. The van der Waals surface area contributed by atoms with Gasteiger partial charge in [0.1, 0.15) is 13.2 Å². The van der Waals surface area contributed by atoms with Crippen molar-refractivity contribution in [1.29, 1.82) is 0 Å². The number of allylic oxidation sites excluding steroid dienone is 4. The van der Waals surface area contributed by atoms with E-state index in [0.717, 1.165) is 33.9 Å². The predicted molar refractivity (Wildman–Crippen MR) is 258 cm³/mol. The quantitative estimate of drug-likeness (QED) is 0.0660. The highest BCUT2D eigenvalue weighted by molar-refractivity contribution is 7.19. The molecule has 2 aliphatic rings. The summed E-state index contributed by atoms with van der Waals surface area (Å²) in [7, 11) is 3.93.